The Kier molecular flexibility index (Phi) is 5.15. The van der Waals surface area contributed by atoms with E-state index in [4.69, 9.17) is 4.84 Å². The van der Waals surface area contributed by atoms with Crippen molar-refractivity contribution in [1.29, 1.82) is 0 Å². The molecule has 0 aromatic rings. The van der Waals surface area contributed by atoms with E-state index < -0.39 is 17.8 Å². The Bertz CT molecular complexity index is 217. The van der Waals surface area contributed by atoms with Crippen molar-refractivity contribution in [2.45, 2.75) is 13.8 Å². The molecule has 0 spiro atoms. The molecule has 2 atom stereocenters. The average molecular weight is 203 g/mol. The van der Waals surface area contributed by atoms with Crippen molar-refractivity contribution in [3.8, 4) is 0 Å². The van der Waals surface area contributed by atoms with Crippen LogP contribution in [0.1, 0.15) is 13.8 Å². The number of hydrogen-bond acceptors (Lipinski definition) is 4. The van der Waals surface area contributed by atoms with Crippen LogP contribution in [-0.2, 0) is 19.2 Å². The molecule has 0 aliphatic heterocycles. The summed E-state index contributed by atoms with van der Waals surface area (Å²) in [5.41, 5.74) is 0. The largest absolute Gasteiger partial charge is 0.469 e. The number of methoxy groups -OCH3 is 1. The molecule has 0 fully saturated rings. The highest BCUT2D eigenvalue weighted by atomic mass is 16.7. The highest BCUT2D eigenvalue weighted by molar-refractivity contribution is 5.84. The lowest BCUT2D eigenvalue weighted by Crippen LogP contribution is -2.36. The number of carbonyl (C=O) groups is 2. The van der Waals surface area contributed by atoms with Crippen molar-refractivity contribution in [3.05, 3.63) is 0 Å². The molecular weight excluding hydrogens is 186 g/mol. The lowest BCUT2D eigenvalue weighted by molar-refractivity contribution is -0.176. The van der Waals surface area contributed by atoms with Gasteiger partial charge in [-0.3, -0.25) is 14.4 Å². The van der Waals surface area contributed by atoms with Gasteiger partial charge >= 0.3 is 5.97 Å². The van der Waals surface area contributed by atoms with Gasteiger partial charge in [0.1, 0.15) is 0 Å². The van der Waals surface area contributed by atoms with Gasteiger partial charge in [-0.2, -0.15) is 0 Å². The van der Waals surface area contributed by atoms with E-state index in [0.29, 0.717) is 0 Å². The van der Waals surface area contributed by atoms with Gasteiger partial charge in [0.25, 0.3) is 0 Å². The molecule has 0 N–H and O–H groups in total. The number of hydroxylamine groups is 2. The zero-order valence-corrected chi connectivity index (χ0v) is 9.23. The molecule has 0 saturated heterocycles. The Labute approximate surface area is 83.9 Å². The third-order valence-corrected chi connectivity index (χ3v) is 2.30. The minimum atomic E-state index is -0.468. The van der Waals surface area contributed by atoms with E-state index in [9.17, 15) is 9.59 Å². The summed E-state index contributed by atoms with van der Waals surface area (Å²) in [6.45, 7) is 3.32. The molecule has 2 unspecified atom stereocenters. The quantitative estimate of drug-likeness (QED) is 0.491. The number of amides is 1. The summed E-state index contributed by atoms with van der Waals surface area (Å²) < 4.78 is 4.55. The van der Waals surface area contributed by atoms with Gasteiger partial charge in [0.05, 0.1) is 26.1 Å². The maximum atomic E-state index is 11.5. The van der Waals surface area contributed by atoms with Gasteiger partial charge < -0.3 is 4.74 Å². The van der Waals surface area contributed by atoms with Crippen LogP contribution in [0.2, 0.25) is 0 Å². The molecule has 0 aliphatic rings. The number of nitrogens with zero attached hydrogens (tertiary/aromatic N) is 1. The first-order valence-electron chi connectivity index (χ1n) is 4.35. The minimum Gasteiger partial charge on any atom is -0.469 e. The summed E-state index contributed by atoms with van der Waals surface area (Å²) in [6, 6.07) is 0. The fraction of sp³-hybridized carbons (Fsp3) is 0.778. The number of rotatable bonds is 4. The van der Waals surface area contributed by atoms with Crippen LogP contribution in [0.25, 0.3) is 0 Å². The summed E-state index contributed by atoms with van der Waals surface area (Å²) in [4.78, 5) is 27.4. The van der Waals surface area contributed by atoms with Crippen molar-refractivity contribution >= 4 is 11.9 Å². The van der Waals surface area contributed by atoms with Crippen molar-refractivity contribution in [2.24, 2.45) is 11.8 Å². The minimum absolute atomic E-state index is 0.245. The smallest absolute Gasteiger partial charge is 0.309 e. The van der Waals surface area contributed by atoms with Crippen LogP contribution in [-0.4, -0.2) is 38.2 Å². The molecule has 0 aromatic carbocycles. The molecule has 0 rings (SSSR count). The fourth-order valence-electron chi connectivity index (χ4n) is 0.981. The number of hydrogen-bond donors (Lipinski definition) is 0. The molecule has 5 heteroatoms. The second-order valence-electron chi connectivity index (χ2n) is 3.12. The zero-order valence-electron chi connectivity index (χ0n) is 9.23. The molecule has 0 bridgehead atoms. The maximum absolute atomic E-state index is 11.5. The molecule has 82 valence electrons. The molecule has 0 saturated carbocycles. The first kappa shape index (κ1) is 12.9. The molecule has 0 heterocycles. The normalized spacial score (nSPS) is 14.4. The Balaban J connectivity index is 4.38. The lowest BCUT2D eigenvalue weighted by atomic mass is 9.95. The van der Waals surface area contributed by atoms with Crippen molar-refractivity contribution in [2.75, 3.05) is 21.3 Å². The van der Waals surface area contributed by atoms with Crippen LogP contribution < -0.4 is 0 Å². The average Bonchev–Trinajstić information content (AvgIpc) is 2.23. The van der Waals surface area contributed by atoms with Crippen molar-refractivity contribution < 1.29 is 19.2 Å². The summed E-state index contributed by atoms with van der Waals surface area (Å²) in [5.74, 6) is -1.56. The predicted molar refractivity (Wildman–Crippen MR) is 50.1 cm³/mol. The molecule has 0 aromatic heterocycles. The van der Waals surface area contributed by atoms with E-state index in [1.807, 2.05) is 0 Å². The highest BCUT2D eigenvalue weighted by Crippen LogP contribution is 2.14. The van der Waals surface area contributed by atoms with Crippen LogP contribution in [0.5, 0.6) is 0 Å². The number of ether oxygens (including phenoxy) is 1. The molecule has 0 aliphatic carbocycles. The fourth-order valence-corrected chi connectivity index (χ4v) is 0.981. The van der Waals surface area contributed by atoms with Crippen LogP contribution >= 0.6 is 0 Å². The van der Waals surface area contributed by atoms with Crippen LogP contribution in [0.4, 0.5) is 0 Å². The first-order chi connectivity index (χ1) is 6.45. The molecule has 1 amide bonds. The third kappa shape index (κ3) is 2.99. The van der Waals surface area contributed by atoms with E-state index in [0.717, 1.165) is 5.06 Å². The van der Waals surface area contributed by atoms with E-state index >= 15 is 0 Å². The number of esters is 1. The number of carbonyl (C=O) groups excluding carboxylic acids is 2. The van der Waals surface area contributed by atoms with E-state index in [2.05, 4.69) is 4.74 Å². The van der Waals surface area contributed by atoms with Gasteiger partial charge in [0.2, 0.25) is 5.91 Å². The zero-order chi connectivity index (χ0) is 11.3. The lowest BCUT2D eigenvalue weighted by Gasteiger charge is -2.21. The van der Waals surface area contributed by atoms with Gasteiger partial charge in [0.15, 0.2) is 0 Å². The summed E-state index contributed by atoms with van der Waals surface area (Å²) >= 11 is 0. The molecular formula is C9H17NO4. The topological polar surface area (TPSA) is 55.8 Å². The second-order valence-corrected chi connectivity index (χ2v) is 3.12. The predicted octanol–water partition coefficient (Wildman–Crippen LogP) is 0.451. The third-order valence-electron chi connectivity index (χ3n) is 2.30. The van der Waals surface area contributed by atoms with Crippen LogP contribution in [0.15, 0.2) is 0 Å². The Morgan fingerprint density at radius 1 is 1.14 bits per heavy atom. The Hall–Kier alpha value is -1.10. The van der Waals surface area contributed by atoms with Crippen molar-refractivity contribution in [3.63, 3.8) is 0 Å². The van der Waals surface area contributed by atoms with E-state index in [1.165, 1.54) is 21.3 Å². The van der Waals surface area contributed by atoms with Gasteiger partial charge in [-0.05, 0) is 0 Å². The summed E-state index contributed by atoms with van der Waals surface area (Å²) in [7, 11) is 4.20. The van der Waals surface area contributed by atoms with Crippen LogP contribution in [0, 0.1) is 11.8 Å². The maximum Gasteiger partial charge on any atom is 0.309 e. The van der Waals surface area contributed by atoms with Gasteiger partial charge in [-0.15, -0.1) is 0 Å². The molecule has 5 nitrogen and oxygen atoms in total. The highest BCUT2D eigenvalue weighted by Gasteiger charge is 2.29. The summed E-state index contributed by atoms with van der Waals surface area (Å²) in [6.07, 6.45) is 0. The van der Waals surface area contributed by atoms with Gasteiger partial charge in [0, 0.05) is 7.05 Å². The second kappa shape index (κ2) is 5.59. The summed E-state index contributed by atoms with van der Waals surface area (Å²) in [5, 5.41) is 1.10. The SMILES string of the molecule is COC(=O)C(C)C(C)C(=O)N(C)OC. The molecule has 14 heavy (non-hydrogen) atoms. The molecule has 0 radical (unpaired) electrons. The van der Waals surface area contributed by atoms with Gasteiger partial charge in [-0.1, -0.05) is 13.8 Å². The Morgan fingerprint density at radius 3 is 2.00 bits per heavy atom. The van der Waals surface area contributed by atoms with E-state index in [1.54, 1.807) is 13.8 Å². The monoisotopic (exact) mass is 203 g/mol. The van der Waals surface area contributed by atoms with Crippen molar-refractivity contribution in [1.82, 2.24) is 5.06 Å². The Morgan fingerprint density at radius 2 is 1.64 bits per heavy atom. The first-order valence-corrected chi connectivity index (χ1v) is 4.35. The standard InChI is InChI=1S/C9H17NO4/c1-6(7(2)9(12)13-4)8(11)10(3)14-5/h6-7H,1-5H3. The van der Waals surface area contributed by atoms with Gasteiger partial charge in [-0.25, -0.2) is 5.06 Å². The van der Waals surface area contributed by atoms with E-state index in [-0.39, 0.29) is 5.91 Å². The van der Waals surface area contributed by atoms with Crippen LogP contribution in [0.3, 0.4) is 0 Å².